The van der Waals surface area contributed by atoms with Crippen LogP contribution in [-0.4, -0.2) is 30.5 Å². The second kappa shape index (κ2) is 3.90. The van der Waals surface area contributed by atoms with Crippen LogP contribution in [0.5, 0.6) is 0 Å². The van der Waals surface area contributed by atoms with Crippen molar-refractivity contribution in [3.63, 3.8) is 0 Å². The molecule has 2 heterocycles. The van der Waals surface area contributed by atoms with Gasteiger partial charge in [0.25, 0.3) is 0 Å². The van der Waals surface area contributed by atoms with E-state index in [-0.39, 0.29) is 6.04 Å². The number of hydrogen-bond donors (Lipinski definition) is 0. The van der Waals surface area contributed by atoms with Gasteiger partial charge >= 0.3 is 0 Å². The zero-order chi connectivity index (χ0) is 10.9. The van der Waals surface area contributed by atoms with Gasteiger partial charge in [-0.1, -0.05) is 6.07 Å². The molecular formula is C10H14N2O2S. The van der Waals surface area contributed by atoms with E-state index >= 15 is 0 Å². The van der Waals surface area contributed by atoms with Crippen molar-refractivity contribution in [3.8, 4) is 0 Å². The van der Waals surface area contributed by atoms with Crippen molar-refractivity contribution in [1.82, 2.24) is 9.29 Å². The van der Waals surface area contributed by atoms with Crippen molar-refractivity contribution in [2.45, 2.75) is 18.9 Å². The quantitative estimate of drug-likeness (QED) is 0.760. The van der Waals surface area contributed by atoms with Crippen molar-refractivity contribution >= 4 is 10.0 Å². The van der Waals surface area contributed by atoms with E-state index < -0.39 is 10.0 Å². The summed E-state index contributed by atoms with van der Waals surface area (Å²) in [4.78, 5) is 4.02. The Morgan fingerprint density at radius 3 is 2.93 bits per heavy atom. The van der Waals surface area contributed by atoms with Crippen LogP contribution in [0, 0.1) is 0 Å². The smallest absolute Gasteiger partial charge is 0.211 e. The standard InChI is InChI=1S/C10H14N2O2S/c1-15(13,14)12-7-3-5-10(12)9-4-2-6-11-8-9/h2,4,6,8,10H,3,5,7H2,1H3/t10-/m0/s1. The highest BCUT2D eigenvalue weighted by Crippen LogP contribution is 2.32. The zero-order valence-corrected chi connectivity index (χ0v) is 9.44. The average molecular weight is 226 g/mol. The summed E-state index contributed by atoms with van der Waals surface area (Å²) in [6.07, 6.45) is 6.52. The molecule has 82 valence electrons. The predicted octanol–water partition coefficient (Wildman–Crippen LogP) is 1.18. The van der Waals surface area contributed by atoms with Gasteiger partial charge in [-0.2, -0.15) is 4.31 Å². The molecule has 1 saturated heterocycles. The lowest BCUT2D eigenvalue weighted by molar-refractivity contribution is 0.400. The highest BCUT2D eigenvalue weighted by atomic mass is 32.2. The normalized spacial score (nSPS) is 23.1. The number of sulfonamides is 1. The van der Waals surface area contributed by atoms with Gasteiger partial charge in [-0.3, -0.25) is 4.98 Å². The van der Waals surface area contributed by atoms with E-state index in [4.69, 9.17) is 0 Å². The summed E-state index contributed by atoms with van der Waals surface area (Å²) in [7, 11) is -3.09. The van der Waals surface area contributed by atoms with E-state index in [0.717, 1.165) is 18.4 Å². The lowest BCUT2D eigenvalue weighted by Gasteiger charge is -2.21. The molecule has 1 aromatic heterocycles. The van der Waals surface area contributed by atoms with Gasteiger partial charge in [0.15, 0.2) is 0 Å². The lowest BCUT2D eigenvalue weighted by atomic mass is 10.1. The monoisotopic (exact) mass is 226 g/mol. The molecule has 0 bridgehead atoms. The summed E-state index contributed by atoms with van der Waals surface area (Å²) in [5.41, 5.74) is 0.987. The Hall–Kier alpha value is -0.940. The number of rotatable bonds is 2. The molecule has 0 unspecified atom stereocenters. The minimum atomic E-state index is -3.09. The fraction of sp³-hybridized carbons (Fsp3) is 0.500. The molecule has 1 fully saturated rings. The highest BCUT2D eigenvalue weighted by molar-refractivity contribution is 7.88. The second-order valence-corrected chi connectivity index (χ2v) is 5.75. The van der Waals surface area contributed by atoms with Gasteiger partial charge in [0, 0.05) is 18.9 Å². The molecule has 1 aromatic rings. The molecule has 0 amide bonds. The second-order valence-electron chi connectivity index (χ2n) is 3.82. The first-order valence-electron chi connectivity index (χ1n) is 4.96. The lowest BCUT2D eigenvalue weighted by Crippen LogP contribution is -2.29. The first-order valence-corrected chi connectivity index (χ1v) is 6.80. The van der Waals surface area contributed by atoms with E-state index in [1.807, 2.05) is 12.1 Å². The molecule has 0 saturated carbocycles. The molecule has 0 N–H and O–H groups in total. The maximum absolute atomic E-state index is 11.5. The van der Waals surface area contributed by atoms with Gasteiger partial charge in [-0.15, -0.1) is 0 Å². The summed E-state index contributed by atoms with van der Waals surface area (Å²) in [6, 6.07) is 3.75. The Labute approximate surface area is 90.0 Å². The van der Waals surface area contributed by atoms with Crippen LogP contribution in [0.4, 0.5) is 0 Å². The van der Waals surface area contributed by atoms with Crippen molar-refractivity contribution in [1.29, 1.82) is 0 Å². The van der Waals surface area contributed by atoms with Gasteiger partial charge in [-0.25, -0.2) is 8.42 Å². The third-order valence-corrected chi connectivity index (χ3v) is 3.99. The average Bonchev–Trinajstić information content (AvgIpc) is 2.67. The Bertz CT molecular complexity index is 430. The van der Waals surface area contributed by atoms with Gasteiger partial charge in [-0.05, 0) is 24.5 Å². The third kappa shape index (κ3) is 2.18. The summed E-state index contributed by atoms with van der Waals surface area (Å²) < 4.78 is 24.6. The van der Waals surface area contributed by atoms with Gasteiger partial charge in [0.1, 0.15) is 0 Å². The number of aromatic nitrogens is 1. The molecule has 2 rings (SSSR count). The van der Waals surface area contributed by atoms with Crippen molar-refractivity contribution < 1.29 is 8.42 Å². The Kier molecular flexibility index (Phi) is 2.75. The van der Waals surface area contributed by atoms with Crippen LogP contribution >= 0.6 is 0 Å². The molecule has 15 heavy (non-hydrogen) atoms. The topological polar surface area (TPSA) is 50.3 Å². The summed E-state index contributed by atoms with van der Waals surface area (Å²) in [5.74, 6) is 0. The molecule has 0 aliphatic carbocycles. The molecular weight excluding hydrogens is 212 g/mol. The molecule has 1 atom stereocenters. The van der Waals surface area contributed by atoms with Crippen LogP contribution in [0.2, 0.25) is 0 Å². The largest absolute Gasteiger partial charge is 0.264 e. The van der Waals surface area contributed by atoms with Crippen LogP contribution < -0.4 is 0 Å². The summed E-state index contributed by atoms with van der Waals surface area (Å²) in [5, 5.41) is 0. The van der Waals surface area contributed by atoms with Crippen molar-refractivity contribution in [2.24, 2.45) is 0 Å². The van der Waals surface area contributed by atoms with Crippen LogP contribution in [0.3, 0.4) is 0 Å². The van der Waals surface area contributed by atoms with E-state index in [2.05, 4.69) is 4.98 Å². The van der Waals surface area contributed by atoms with Crippen LogP contribution in [-0.2, 0) is 10.0 Å². The Morgan fingerprint density at radius 1 is 1.53 bits per heavy atom. The van der Waals surface area contributed by atoms with Gasteiger partial charge in [0.05, 0.1) is 12.3 Å². The molecule has 1 aliphatic heterocycles. The molecule has 1 aliphatic rings. The number of pyridine rings is 1. The maximum Gasteiger partial charge on any atom is 0.211 e. The summed E-state index contributed by atoms with van der Waals surface area (Å²) in [6.45, 7) is 0.623. The fourth-order valence-corrected chi connectivity index (χ4v) is 3.19. The van der Waals surface area contributed by atoms with Crippen molar-refractivity contribution in [3.05, 3.63) is 30.1 Å². The summed E-state index contributed by atoms with van der Waals surface area (Å²) >= 11 is 0. The highest BCUT2D eigenvalue weighted by Gasteiger charge is 2.32. The van der Waals surface area contributed by atoms with E-state index in [0.29, 0.717) is 6.54 Å². The van der Waals surface area contributed by atoms with Crippen LogP contribution in [0.25, 0.3) is 0 Å². The Balaban J connectivity index is 2.30. The van der Waals surface area contributed by atoms with Crippen LogP contribution in [0.1, 0.15) is 24.4 Å². The fourth-order valence-electron chi connectivity index (χ4n) is 2.04. The molecule has 5 heteroatoms. The minimum Gasteiger partial charge on any atom is -0.264 e. The molecule has 4 nitrogen and oxygen atoms in total. The van der Waals surface area contributed by atoms with Crippen LogP contribution in [0.15, 0.2) is 24.5 Å². The zero-order valence-electron chi connectivity index (χ0n) is 8.63. The van der Waals surface area contributed by atoms with E-state index in [1.54, 1.807) is 16.7 Å². The number of nitrogens with zero attached hydrogens (tertiary/aromatic N) is 2. The van der Waals surface area contributed by atoms with Gasteiger partial charge in [0.2, 0.25) is 10.0 Å². The minimum absolute atomic E-state index is 0.0197. The Morgan fingerprint density at radius 2 is 2.33 bits per heavy atom. The van der Waals surface area contributed by atoms with E-state index in [1.165, 1.54) is 6.26 Å². The first-order chi connectivity index (χ1) is 7.09. The molecule has 0 aromatic carbocycles. The molecule has 0 spiro atoms. The first kappa shape index (κ1) is 10.6. The third-order valence-electron chi connectivity index (χ3n) is 2.70. The predicted molar refractivity (Wildman–Crippen MR) is 57.8 cm³/mol. The SMILES string of the molecule is CS(=O)(=O)N1CCC[C@H]1c1cccnc1. The molecule has 0 radical (unpaired) electrons. The van der Waals surface area contributed by atoms with Gasteiger partial charge < -0.3 is 0 Å². The van der Waals surface area contributed by atoms with Crippen molar-refractivity contribution in [2.75, 3.05) is 12.8 Å². The maximum atomic E-state index is 11.5. The number of hydrogen-bond acceptors (Lipinski definition) is 3. The van der Waals surface area contributed by atoms with E-state index in [9.17, 15) is 8.42 Å².